The number of aromatic nitrogens is 1. The average Bonchev–Trinajstić information content (AvgIpc) is 2.79. The van der Waals surface area contributed by atoms with Gasteiger partial charge in [-0.05, 0) is 40.2 Å². The summed E-state index contributed by atoms with van der Waals surface area (Å²) in [6.45, 7) is 0. The number of carboxylic acid groups (broad SMARTS) is 1. The van der Waals surface area contributed by atoms with Crippen LogP contribution in [0.1, 0.15) is 16.1 Å². The number of hydrogen-bond donors (Lipinski definition) is 2. The lowest BCUT2D eigenvalue weighted by Gasteiger charge is -2.07. The van der Waals surface area contributed by atoms with Gasteiger partial charge in [-0.2, -0.15) is 0 Å². The third-order valence-electron chi connectivity index (χ3n) is 3.86. The molecule has 0 saturated heterocycles. The lowest BCUT2D eigenvalue weighted by Crippen LogP contribution is -2.03. The van der Waals surface area contributed by atoms with Crippen LogP contribution in [0.3, 0.4) is 0 Å². The first kappa shape index (κ1) is 17.8. The third kappa shape index (κ3) is 3.23. The number of rotatable bonds is 4. The Morgan fingerprint density at radius 2 is 2.00 bits per heavy atom. The van der Waals surface area contributed by atoms with Gasteiger partial charge in [0.1, 0.15) is 17.4 Å². The number of carboxylic acids is 1. The molecule has 0 amide bonds. The van der Waals surface area contributed by atoms with Gasteiger partial charge in [0.2, 0.25) is 0 Å². The maximum Gasteiger partial charge on any atom is 0.338 e. The number of halogens is 3. The van der Waals surface area contributed by atoms with Crippen molar-refractivity contribution < 1.29 is 23.8 Å². The second-order valence-corrected chi connectivity index (χ2v) is 7.24. The lowest BCUT2D eigenvalue weighted by atomic mass is 10.1. The van der Waals surface area contributed by atoms with Crippen LogP contribution in [0.5, 0.6) is 5.75 Å². The lowest BCUT2D eigenvalue weighted by molar-refractivity contribution is 0.0698. The van der Waals surface area contributed by atoms with Crippen LogP contribution in [-0.2, 0) is 12.8 Å². The van der Waals surface area contributed by atoms with E-state index in [4.69, 9.17) is 0 Å². The van der Waals surface area contributed by atoms with E-state index in [1.165, 1.54) is 12.1 Å². The molecule has 0 spiro atoms. The maximum absolute atomic E-state index is 13.8. The van der Waals surface area contributed by atoms with Crippen molar-refractivity contribution in [1.29, 1.82) is 0 Å². The number of aromatic carboxylic acids is 1. The van der Waals surface area contributed by atoms with Gasteiger partial charge in [0.05, 0.1) is 15.6 Å². The van der Waals surface area contributed by atoms with E-state index < -0.39 is 17.6 Å². The second kappa shape index (κ2) is 6.68. The van der Waals surface area contributed by atoms with Crippen molar-refractivity contribution >= 4 is 44.6 Å². The Bertz CT molecular complexity index is 1000. The predicted molar refractivity (Wildman–Crippen MR) is 95.2 cm³/mol. The molecule has 3 rings (SSSR count). The van der Waals surface area contributed by atoms with Crippen molar-refractivity contribution in [3.05, 3.63) is 57.7 Å². The number of fused-ring (bicyclic) bond motifs is 1. The van der Waals surface area contributed by atoms with E-state index in [2.05, 4.69) is 15.9 Å². The molecule has 0 unspecified atom stereocenters. The normalized spacial score (nSPS) is 11.2. The molecule has 0 aliphatic carbocycles. The molecule has 0 bridgehead atoms. The summed E-state index contributed by atoms with van der Waals surface area (Å²) in [4.78, 5) is 12.0. The summed E-state index contributed by atoms with van der Waals surface area (Å²) in [5.41, 5.74) is 1.14. The average molecular weight is 428 g/mol. The van der Waals surface area contributed by atoms with Crippen LogP contribution in [0, 0.1) is 11.6 Å². The van der Waals surface area contributed by atoms with Gasteiger partial charge in [0, 0.05) is 34.8 Å². The molecule has 25 heavy (non-hydrogen) atoms. The monoisotopic (exact) mass is 427 g/mol. The van der Waals surface area contributed by atoms with Crippen LogP contribution in [-0.4, -0.2) is 20.7 Å². The highest BCUT2D eigenvalue weighted by molar-refractivity contribution is 9.10. The molecule has 0 atom stereocenters. The quantitative estimate of drug-likeness (QED) is 0.580. The van der Waals surface area contributed by atoms with Crippen LogP contribution >= 0.6 is 27.7 Å². The topological polar surface area (TPSA) is 62.5 Å². The first-order chi connectivity index (χ1) is 11.8. The SMILES string of the molecule is Cn1c(CSc2ccc(F)cc2F)c(C(=O)O)c2cc(O)c(Br)cc21. The van der Waals surface area contributed by atoms with Gasteiger partial charge in [-0.3, -0.25) is 0 Å². The standard InChI is InChI=1S/C17H12BrF2NO3S/c1-21-12-6-10(18)14(22)5-9(12)16(17(23)24)13(21)7-25-15-3-2-8(19)4-11(15)20/h2-6,22H,7H2,1H3,(H,23,24). The van der Waals surface area contributed by atoms with Crippen LogP contribution in [0.15, 0.2) is 39.7 Å². The van der Waals surface area contributed by atoms with Gasteiger partial charge in [-0.25, -0.2) is 13.6 Å². The first-order valence-corrected chi connectivity index (χ1v) is 8.88. The van der Waals surface area contributed by atoms with Gasteiger partial charge in [0.15, 0.2) is 0 Å². The summed E-state index contributed by atoms with van der Waals surface area (Å²) in [7, 11) is 1.70. The molecule has 0 radical (unpaired) electrons. The Morgan fingerprint density at radius 1 is 1.28 bits per heavy atom. The minimum absolute atomic E-state index is 0.0512. The molecule has 2 aromatic carbocycles. The molecular weight excluding hydrogens is 416 g/mol. The van der Waals surface area contributed by atoms with Gasteiger partial charge in [-0.1, -0.05) is 0 Å². The van der Waals surface area contributed by atoms with E-state index in [-0.39, 0.29) is 22.0 Å². The Kier molecular flexibility index (Phi) is 4.75. The number of phenolic OH excluding ortho intramolecular Hbond substituents is 1. The number of carbonyl (C=O) groups is 1. The number of phenols is 1. The van der Waals surface area contributed by atoms with E-state index in [9.17, 15) is 23.8 Å². The van der Waals surface area contributed by atoms with E-state index in [1.54, 1.807) is 17.7 Å². The van der Waals surface area contributed by atoms with Crippen LogP contribution in [0.4, 0.5) is 8.78 Å². The summed E-state index contributed by atoms with van der Waals surface area (Å²) in [6.07, 6.45) is 0. The number of aryl methyl sites for hydroxylation is 1. The summed E-state index contributed by atoms with van der Waals surface area (Å²) in [5.74, 6) is -2.39. The largest absolute Gasteiger partial charge is 0.507 e. The maximum atomic E-state index is 13.8. The number of aromatic hydroxyl groups is 1. The highest BCUT2D eigenvalue weighted by Gasteiger charge is 2.22. The molecule has 2 N–H and O–H groups in total. The van der Waals surface area contributed by atoms with Crippen molar-refractivity contribution in [3.63, 3.8) is 0 Å². The molecule has 0 fully saturated rings. The fourth-order valence-electron chi connectivity index (χ4n) is 2.64. The molecule has 1 heterocycles. The zero-order valence-electron chi connectivity index (χ0n) is 12.9. The molecule has 0 aliphatic heterocycles. The summed E-state index contributed by atoms with van der Waals surface area (Å²) >= 11 is 4.29. The van der Waals surface area contributed by atoms with Crippen molar-refractivity contribution in [1.82, 2.24) is 4.57 Å². The number of thioether (sulfide) groups is 1. The minimum Gasteiger partial charge on any atom is -0.507 e. The molecule has 4 nitrogen and oxygen atoms in total. The Balaban J connectivity index is 2.07. The minimum atomic E-state index is -1.14. The predicted octanol–water partition coefficient (Wildman–Crippen LogP) is 4.92. The molecule has 3 aromatic rings. The second-order valence-electron chi connectivity index (χ2n) is 5.37. The molecule has 1 aromatic heterocycles. The fourth-order valence-corrected chi connectivity index (χ4v) is 3.97. The zero-order valence-corrected chi connectivity index (χ0v) is 15.3. The Hall–Kier alpha value is -2.06. The summed E-state index contributed by atoms with van der Waals surface area (Å²) < 4.78 is 28.9. The van der Waals surface area contributed by atoms with E-state index >= 15 is 0 Å². The van der Waals surface area contributed by atoms with E-state index in [0.29, 0.717) is 21.1 Å². The molecule has 130 valence electrons. The summed E-state index contributed by atoms with van der Waals surface area (Å²) in [6, 6.07) is 6.28. The number of nitrogens with zero attached hydrogens (tertiary/aromatic N) is 1. The van der Waals surface area contributed by atoms with Crippen molar-refractivity contribution in [2.75, 3.05) is 0 Å². The molecule has 0 aliphatic rings. The van der Waals surface area contributed by atoms with Crippen molar-refractivity contribution in [3.8, 4) is 5.75 Å². The van der Waals surface area contributed by atoms with Crippen molar-refractivity contribution in [2.45, 2.75) is 10.6 Å². The summed E-state index contributed by atoms with van der Waals surface area (Å²) in [5, 5.41) is 19.8. The van der Waals surface area contributed by atoms with E-state index in [1.807, 2.05) is 0 Å². The Labute approximate surface area is 154 Å². The third-order valence-corrected chi connectivity index (χ3v) is 5.56. The van der Waals surface area contributed by atoms with Crippen LogP contribution in [0.2, 0.25) is 0 Å². The van der Waals surface area contributed by atoms with Gasteiger partial charge in [0.25, 0.3) is 0 Å². The zero-order chi connectivity index (χ0) is 18.3. The van der Waals surface area contributed by atoms with Gasteiger partial charge in [-0.15, -0.1) is 11.8 Å². The van der Waals surface area contributed by atoms with Crippen LogP contribution < -0.4 is 0 Å². The van der Waals surface area contributed by atoms with Crippen LogP contribution in [0.25, 0.3) is 10.9 Å². The highest BCUT2D eigenvalue weighted by atomic mass is 79.9. The van der Waals surface area contributed by atoms with E-state index in [0.717, 1.165) is 23.9 Å². The molecular formula is C17H12BrF2NO3S. The van der Waals surface area contributed by atoms with Crippen molar-refractivity contribution in [2.24, 2.45) is 7.05 Å². The smallest absolute Gasteiger partial charge is 0.338 e. The number of benzene rings is 2. The Morgan fingerprint density at radius 3 is 2.64 bits per heavy atom. The molecule has 0 saturated carbocycles. The van der Waals surface area contributed by atoms with Gasteiger partial charge >= 0.3 is 5.97 Å². The fraction of sp³-hybridized carbons (Fsp3) is 0.118. The molecule has 8 heteroatoms. The first-order valence-electron chi connectivity index (χ1n) is 7.10. The highest BCUT2D eigenvalue weighted by Crippen LogP contribution is 2.36. The number of hydrogen-bond acceptors (Lipinski definition) is 3. The van der Waals surface area contributed by atoms with Gasteiger partial charge < -0.3 is 14.8 Å².